The minimum Gasteiger partial charge on any atom is -0.462 e. The highest BCUT2D eigenvalue weighted by Crippen LogP contribution is 2.14. The lowest BCUT2D eigenvalue weighted by molar-refractivity contribution is 0.0499. The third kappa shape index (κ3) is 4.43. The van der Waals surface area contributed by atoms with E-state index >= 15 is 0 Å². The fourth-order valence-electron chi connectivity index (χ4n) is 1.35. The SMILES string of the molecule is N#CCCCCOC(=O)c1cc(N)cc(N)c1. The second-order valence-corrected chi connectivity index (χ2v) is 3.64. The number of benzene rings is 1. The number of hydrogen-bond acceptors (Lipinski definition) is 5. The highest BCUT2D eigenvalue weighted by atomic mass is 16.5. The standard InChI is InChI=1S/C12H15N3O2/c13-4-2-1-3-5-17-12(16)9-6-10(14)8-11(15)7-9/h6-8H,1-3,5,14-15H2. The molecule has 0 aromatic heterocycles. The molecule has 0 bridgehead atoms. The van der Waals surface area contributed by atoms with E-state index in [9.17, 15) is 4.79 Å². The molecule has 0 spiro atoms. The number of nitrogen functional groups attached to an aromatic ring is 2. The van der Waals surface area contributed by atoms with Gasteiger partial charge >= 0.3 is 5.97 Å². The van der Waals surface area contributed by atoms with Gasteiger partial charge in [0.15, 0.2) is 0 Å². The number of carbonyl (C=O) groups is 1. The summed E-state index contributed by atoms with van der Waals surface area (Å²) in [5, 5.41) is 8.33. The van der Waals surface area contributed by atoms with E-state index in [0.29, 0.717) is 36.4 Å². The summed E-state index contributed by atoms with van der Waals surface area (Å²) in [5.74, 6) is -0.444. The van der Waals surface area contributed by atoms with Crippen LogP contribution < -0.4 is 11.5 Å². The van der Waals surface area contributed by atoms with Crippen LogP contribution in [0.25, 0.3) is 0 Å². The van der Waals surface area contributed by atoms with Crippen LogP contribution in [0.15, 0.2) is 18.2 Å². The van der Waals surface area contributed by atoms with Crippen molar-refractivity contribution in [2.75, 3.05) is 18.1 Å². The molecule has 0 radical (unpaired) electrons. The summed E-state index contributed by atoms with van der Waals surface area (Å²) in [5.41, 5.74) is 12.3. The zero-order valence-corrected chi connectivity index (χ0v) is 9.48. The van der Waals surface area contributed by atoms with Crippen LogP contribution in [0.1, 0.15) is 29.6 Å². The van der Waals surface area contributed by atoms with Crippen molar-refractivity contribution in [2.45, 2.75) is 19.3 Å². The summed E-state index contributed by atoms with van der Waals surface area (Å²) >= 11 is 0. The molecule has 4 N–H and O–H groups in total. The second-order valence-electron chi connectivity index (χ2n) is 3.64. The summed E-state index contributed by atoms with van der Waals surface area (Å²) in [7, 11) is 0. The van der Waals surface area contributed by atoms with Crippen molar-refractivity contribution in [2.24, 2.45) is 0 Å². The van der Waals surface area contributed by atoms with Crippen LogP contribution in [0.3, 0.4) is 0 Å². The average molecular weight is 233 g/mol. The van der Waals surface area contributed by atoms with Gasteiger partial charge in [0.2, 0.25) is 0 Å². The second kappa shape index (κ2) is 6.38. The van der Waals surface area contributed by atoms with E-state index in [0.717, 1.165) is 6.42 Å². The van der Waals surface area contributed by atoms with E-state index in [1.54, 1.807) is 6.07 Å². The van der Waals surface area contributed by atoms with Gasteiger partial charge in [0.1, 0.15) is 0 Å². The van der Waals surface area contributed by atoms with Gasteiger partial charge in [0.25, 0.3) is 0 Å². The first-order chi connectivity index (χ1) is 8.13. The average Bonchev–Trinajstić information content (AvgIpc) is 2.27. The molecule has 0 aliphatic carbocycles. The molecular weight excluding hydrogens is 218 g/mol. The topological polar surface area (TPSA) is 102 Å². The van der Waals surface area contributed by atoms with Crippen LogP contribution in [-0.4, -0.2) is 12.6 Å². The van der Waals surface area contributed by atoms with Gasteiger partial charge in [-0.1, -0.05) is 0 Å². The molecule has 0 saturated heterocycles. The molecule has 0 aliphatic heterocycles. The molecule has 5 nitrogen and oxygen atoms in total. The molecule has 1 aromatic rings. The number of unbranched alkanes of at least 4 members (excludes halogenated alkanes) is 2. The number of anilines is 2. The third-order valence-electron chi connectivity index (χ3n) is 2.13. The quantitative estimate of drug-likeness (QED) is 0.458. The number of carbonyl (C=O) groups excluding carboxylic acids is 1. The number of nitrogens with two attached hydrogens (primary N) is 2. The van der Waals surface area contributed by atoms with Gasteiger partial charge in [-0.05, 0) is 31.0 Å². The van der Waals surface area contributed by atoms with Gasteiger partial charge < -0.3 is 16.2 Å². The Hall–Kier alpha value is -2.22. The normalized spacial score (nSPS) is 9.59. The predicted octanol–water partition coefficient (Wildman–Crippen LogP) is 1.70. The summed E-state index contributed by atoms with van der Waals surface area (Å²) in [6.45, 7) is 0.301. The molecule has 1 rings (SSSR count). The van der Waals surface area contributed by atoms with Crippen molar-refractivity contribution in [1.82, 2.24) is 0 Å². The molecule has 0 atom stereocenters. The molecule has 1 aromatic carbocycles. The number of ether oxygens (including phenoxy) is 1. The summed E-state index contributed by atoms with van der Waals surface area (Å²) < 4.78 is 5.03. The van der Waals surface area contributed by atoms with Gasteiger partial charge in [-0.25, -0.2) is 4.79 Å². The Kier molecular flexibility index (Phi) is 4.82. The maximum atomic E-state index is 11.6. The Morgan fingerprint density at radius 2 is 1.88 bits per heavy atom. The molecule has 17 heavy (non-hydrogen) atoms. The first-order valence-electron chi connectivity index (χ1n) is 5.33. The van der Waals surface area contributed by atoms with Crippen molar-refractivity contribution in [3.05, 3.63) is 23.8 Å². The smallest absolute Gasteiger partial charge is 0.338 e. The van der Waals surface area contributed by atoms with E-state index in [-0.39, 0.29) is 0 Å². The van der Waals surface area contributed by atoms with Gasteiger partial charge in [-0.2, -0.15) is 5.26 Å². The number of rotatable bonds is 5. The molecule has 0 saturated carbocycles. The Morgan fingerprint density at radius 1 is 1.24 bits per heavy atom. The van der Waals surface area contributed by atoms with E-state index < -0.39 is 5.97 Å². The van der Waals surface area contributed by atoms with E-state index in [1.165, 1.54) is 12.1 Å². The maximum absolute atomic E-state index is 11.6. The summed E-state index contributed by atoms with van der Waals surface area (Å²) in [6, 6.07) is 6.65. The van der Waals surface area contributed by atoms with E-state index in [4.69, 9.17) is 21.5 Å². The van der Waals surface area contributed by atoms with Crippen molar-refractivity contribution in [3.8, 4) is 6.07 Å². The minimum absolute atomic E-state index is 0.301. The van der Waals surface area contributed by atoms with Crippen LogP contribution in [-0.2, 0) is 4.74 Å². The van der Waals surface area contributed by atoms with Gasteiger partial charge in [0, 0.05) is 17.8 Å². The number of esters is 1. The van der Waals surface area contributed by atoms with E-state index in [1.807, 2.05) is 6.07 Å². The van der Waals surface area contributed by atoms with Gasteiger partial charge in [0.05, 0.1) is 18.2 Å². The lowest BCUT2D eigenvalue weighted by atomic mass is 10.2. The zero-order chi connectivity index (χ0) is 12.7. The fourth-order valence-corrected chi connectivity index (χ4v) is 1.35. The largest absolute Gasteiger partial charge is 0.462 e. The Bertz CT molecular complexity index is 418. The zero-order valence-electron chi connectivity index (χ0n) is 9.48. The minimum atomic E-state index is -0.444. The fraction of sp³-hybridized carbons (Fsp3) is 0.333. The van der Waals surface area contributed by atoms with Crippen LogP contribution in [0.5, 0.6) is 0 Å². The van der Waals surface area contributed by atoms with E-state index in [2.05, 4.69) is 0 Å². The van der Waals surface area contributed by atoms with Crippen LogP contribution >= 0.6 is 0 Å². The number of nitrogens with zero attached hydrogens (tertiary/aromatic N) is 1. The molecule has 0 heterocycles. The Balaban J connectivity index is 2.44. The highest BCUT2D eigenvalue weighted by Gasteiger charge is 2.08. The molecule has 0 fully saturated rings. The lowest BCUT2D eigenvalue weighted by Crippen LogP contribution is -2.07. The van der Waals surface area contributed by atoms with Crippen LogP contribution in [0.2, 0.25) is 0 Å². The number of hydrogen-bond donors (Lipinski definition) is 2. The van der Waals surface area contributed by atoms with Gasteiger partial charge in [-0.15, -0.1) is 0 Å². The number of nitriles is 1. The van der Waals surface area contributed by atoms with Crippen molar-refractivity contribution in [1.29, 1.82) is 5.26 Å². The molecule has 0 unspecified atom stereocenters. The first-order valence-corrected chi connectivity index (χ1v) is 5.33. The van der Waals surface area contributed by atoms with Crippen molar-refractivity contribution in [3.63, 3.8) is 0 Å². The summed E-state index contributed by atoms with van der Waals surface area (Å²) in [4.78, 5) is 11.6. The van der Waals surface area contributed by atoms with Crippen molar-refractivity contribution >= 4 is 17.3 Å². The molecular formula is C12H15N3O2. The molecule has 0 aliphatic rings. The van der Waals surface area contributed by atoms with Crippen LogP contribution in [0.4, 0.5) is 11.4 Å². The molecule has 90 valence electrons. The Labute approximate surface area is 100.0 Å². The van der Waals surface area contributed by atoms with Crippen LogP contribution in [0, 0.1) is 11.3 Å². The Morgan fingerprint density at radius 3 is 2.47 bits per heavy atom. The summed E-state index contributed by atoms with van der Waals surface area (Å²) in [6.07, 6.45) is 1.88. The third-order valence-corrected chi connectivity index (χ3v) is 2.13. The maximum Gasteiger partial charge on any atom is 0.338 e. The highest BCUT2D eigenvalue weighted by molar-refractivity contribution is 5.91. The monoisotopic (exact) mass is 233 g/mol. The van der Waals surface area contributed by atoms with Crippen molar-refractivity contribution < 1.29 is 9.53 Å². The predicted molar refractivity (Wildman–Crippen MR) is 65.0 cm³/mol. The molecule has 0 amide bonds. The molecule has 5 heteroatoms. The van der Waals surface area contributed by atoms with Gasteiger partial charge in [-0.3, -0.25) is 0 Å². The first kappa shape index (κ1) is 12.8. The lowest BCUT2D eigenvalue weighted by Gasteiger charge is -2.05.